The van der Waals surface area contributed by atoms with Crippen LogP contribution in [0.2, 0.25) is 0 Å². The molecule has 1 aliphatic rings. The molecular weight excluding hydrogens is 296 g/mol. The van der Waals surface area contributed by atoms with Crippen molar-refractivity contribution in [2.45, 2.75) is 39.2 Å². The summed E-state index contributed by atoms with van der Waals surface area (Å²) in [6, 6.07) is 7.85. The van der Waals surface area contributed by atoms with E-state index in [1.165, 1.54) is 5.56 Å². The standard InChI is InChI=1S/C17H23NO4.H3N/c1-12-2-4-14(5-3-12)11-22-17(21)18-10-13-6-8-15(9-7-13)16(19)20;/h2-5,13,15H,6-11H2,1H3,(H,18,21)(H,19,20);1H3/t13-,15-;. The summed E-state index contributed by atoms with van der Waals surface area (Å²) in [5.74, 6) is -0.573. The van der Waals surface area contributed by atoms with Crippen molar-refractivity contribution in [3.63, 3.8) is 0 Å². The molecule has 0 atom stereocenters. The molecule has 0 radical (unpaired) electrons. The highest BCUT2D eigenvalue weighted by Gasteiger charge is 2.26. The van der Waals surface area contributed by atoms with Gasteiger partial charge in [0.25, 0.3) is 0 Å². The predicted molar refractivity (Wildman–Crippen MR) is 87.5 cm³/mol. The zero-order valence-corrected chi connectivity index (χ0v) is 13.6. The van der Waals surface area contributed by atoms with Crippen molar-refractivity contribution in [3.8, 4) is 0 Å². The molecule has 6 nitrogen and oxygen atoms in total. The Morgan fingerprint density at radius 2 is 1.78 bits per heavy atom. The van der Waals surface area contributed by atoms with E-state index in [-0.39, 0.29) is 18.7 Å². The fraction of sp³-hybridized carbons (Fsp3) is 0.529. The van der Waals surface area contributed by atoms with Gasteiger partial charge in [0.15, 0.2) is 0 Å². The quantitative estimate of drug-likeness (QED) is 0.770. The molecule has 23 heavy (non-hydrogen) atoms. The zero-order valence-electron chi connectivity index (χ0n) is 13.6. The largest absolute Gasteiger partial charge is 0.481 e. The number of carboxylic acids is 1. The summed E-state index contributed by atoms with van der Waals surface area (Å²) in [6.45, 7) is 2.83. The van der Waals surface area contributed by atoms with Crippen LogP contribution in [0, 0.1) is 18.8 Å². The van der Waals surface area contributed by atoms with Crippen LogP contribution < -0.4 is 11.5 Å². The van der Waals surface area contributed by atoms with Gasteiger partial charge >= 0.3 is 12.1 Å². The molecule has 2 rings (SSSR count). The van der Waals surface area contributed by atoms with Crippen LogP contribution >= 0.6 is 0 Å². The van der Waals surface area contributed by atoms with Crippen LogP contribution in [0.4, 0.5) is 4.79 Å². The molecule has 0 aromatic heterocycles. The molecule has 0 bridgehead atoms. The summed E-state index contributed by atoms with van der Waals surface area (Å²) in [5, 5.41) is 11.7. The number of aliphatic carboxylic acids is 1. The number of amides is 1. The molecule has 0 saturated heterocycles. The molecule has 1 aliphatic carbocycles. The number of nitrogens with one attached hydrogen (secondary N) is 1. The van der Waals surface area contributed by atoms with Crippen molar-refractivity contribution in [2.24, 2.45) is 11.8 Å². The van der Waals surface area contributed by atoms with Crippen LogP contribution in [-0.4, -0.2) is 23.7 Å². The van der Waals surface area contributed by atoms with E-state index in [1.54, 1.807) is 0 Å². The van der Waals surface area contributed by atoms with Crippen molar-refractivity contribution >= 4 is 12.1 Å². The number of carbonyl (C=O) groups excluding carboxylic acids is 1. The lowest BCUT2D eigenvalue weighted by atomic mass is 9.82. The summed E-state index contributed by atoms with van der Waals surface area (Å²) in [5.41, 5.74) is 2.13. The third-order valence-electron chi connectivity index (χ3n) is 4.22. The van der Waals surface area contributed by atoms with Crippen molar-refractivity contribution < 1.29 is 19.4 Å². The van der Waals surface area contributed by atoms with Crippen LogP contribution in [0.1, 0.15) is 36.8 Å². The Labute approximate surface area is 136 Å². The van der Waals surface area contributed by atoms with Gasteiger partial charge in [-0.1, -0.05) is 29.8 Å². The average Bonchev–Trinajstić information content (AvgIpc) is 2.52. The van der Waals surface area contributed by atoms with E-state index in [4.69, 9.17) is 9.84 Å². The van der Waals surface area contributed by atoms with Gasteiger partial charge in [-0.2, -0.15) is 0 Å². The zero-order chi connectivity index (χ0) is 15.9. The third-order valence-corrected chi connectivity index (χ3v) is 4.22. The number of aryl methyl sites for hydroxylation is 1. The van der Waals surface area contributed by atoms with Crippen LogP contribution in [0.25, 0.3) is 0 Å². The maximum atomic E-state index is 11.7. The van der Waals surface area contributed by atoms with Crippen molar-refractivity contribution in [1.82, 2.24) is 11.5 Å². The number of benzene rings is 1. The first-order valence-corrected chi connectivity index (χ1v) is 7.73. The highest BCUT2D eigenvalue weighted by Crippen LogP contribution is 2.28. The van der Waals surface area contributed by atoms with Gasteiger partial charge in [0.1, 0.15) is 6.61 Å². The Morgan fingerprint density at radius 3 is 2.35 bits per heavy atom. The Morgan fingerprint density at radius 1 is 1.17 bits per heavy atom. The summed E-state index contributed by atoms with van der Waals surface area (Å²) in [4.78, 5) is 22.5. The average molecular weight is 322 g/mol. The van der Waals surface area contributed by atoms with Crippen molar-refractivity contribution in [2.75, 3.05) is 6.54 Å². The summed E-state index contributed by atoms with van der Waals surface area (Å²) in [6.07, 6.45) is 2.66. The maximum Gasteiger partial charge on any atom is 0.407 e. The molecule has 128 valence electrons. The first-order valence-electron chi connectivity index (χ1n) is 7.73. The molecule has 6 heteroatoms. The highest BCUT2D eigenvalue weighted by molar-refractivity contribution is 5.70. The number of carboxylic acid groups (broad SMARTS) is 1. The van der Waals surface area contributed by atoms with Crippen LogP contribution in [0.3, 0.4) is 0 Å². The van der Waals surface area contributed by atoms with E-state index in [0.29, 0.717) is 25.3 Å². The van der Waals surface area contributed by atoms with E-state index in [0.717, 1.165) is 18.4 Å². The number of carbonyl (C=O) groups is 2. The Balaban J connectivity index is 0.00000264. The maximum absolute atomic E-state index is 11.7. The van der Waals surface area contributed by atoms with Gasteiger partial charge in [0.05, 0.1) is 5.92 Å². The highest BCUT2D eigenvalue weighted by atomic mass is 16.5. The van der Waals surface area contributed by atoms with Crippen LogP contribution in [-0.2, 0) is 16.1 Å². The molecule has 5 N–H and O–H groups in total. The number of rotatable bonds is 5. The second-order valence-corrected chi connectivity index (χ2v) is 6.00. The normalized spacial score (nSPS) is 20.2. The summed E-state index contributed by atoms with van der Waals surface area (Å²) < 4.78 is 5.17. The van der Waals surface area contributed by atoms with Crippen LogP contribution in [0.5, 0.6) is 0 Å². The van der Waals surface area contributed by atoms with E-state index in [1.807, 2.05) is 31.2 Å². The Kier molecular flexibility index (Phi) is 7.54. The number of ether oxygens (including phenoxy) is 1. The van der Waals surface area contributed by atoms with Gasteiger partial charge < -0.3 is 21.3 Å². The molecule has 1 fully saturated rings. The minimum absolute atomic E-state index is 0. The van der Waals surface area contributed by atoms with Gasteiger partial charge in [-0.15, -0.1) is 0 Å². The Bertz CT molecular complexity index is 508. The lowest BCUT2D eigenvalue weighted by Crippen LogP contribution is -2.32. The van der Waals surface area contributed by atoms with Gasteiger partial charge in [0.2, 0.25) is 0 Å². The number of alkyl carbamates (subject to hydrolysis) is 1. The monoisotopic (exact) mass is 322 g/mol. The second kappa shape index (κ2) is 9.15. The first kappa shape index (κ1) is 19.0. The molecule has 0 spiro atoms. The predicted octanol–water partition coefficient (Wildman–Crippen LogP) is 3.27. The van der Waals surface area contributed by atoms with Crippen LogP contribution in [0.15, 0.2) is 24.3 Å². The lowest BCUT2D eigenvalue weighted by molar-refractivity contribution is -0.143. The Hall–Kier alpha value is -2.08. The van der Waals surface area contributed by atoms with Crippen molar-refractivity contribution in [1.29, 1.82) is 0 Å². The molecule has 1 aromatic rings. The minimum atomic E-state index is -0.705. The first-order chi connectivity index (χ1) is 10.5. The van der Waals surface area contributed by atoms with Gasteiger partial charge in [-0.05, 0) is 44.1 Å². The van der Waals surface area contributed by atoms with Gasteiger partial charge in [-0.3, -0.25) is 4.79 Å². The molecule has 0 unspecified atom stereocenters. The number of hydrogen-bond acceptors (Lipinski definition) is 4. The fourth-order valence-electron chi connectivity index (χ4n) is 2.73. The molecule has 1 amide bonds. The molecule has 1 saturated carbocycles. The second-order valence-electron chi connectivity index (χ2n) is 6.00. The van der Waals surface area contributed by atoms with E-state index >= 15 is 0 Å². The molecule has 1 aromatic carbocycles. The SMILES string of the molecule is Cc1ccc(COC(=O)NC[C@H]2CC[C@H](C(=O)O)CC2)cc1.N. The topological polar surface area (TPSA) is 111 Å². The van der Waals surface area contributed by atoms with E-state index < -0.39 is 12.1 Å². The molecule has 0 aliphatic heterocycles. The van der Waals surface area contributed by atoms with Gasteiger partial charge in [-0.25, -0.2) is 4.79 Å². The molecule has 0 heterocycles. The van der Waals surface area contributed by atoms with E-state index in [9.17, 15) is 9.59 Å². The minimum Gasteiger partial charge on any atom is -0.481 e. The smallest absolute Gasteiger partial charge is 0.407 e. The third kappa shape index (κ3) is 6.28. The number of hydrogen-bond donors (Lipinski definition) is 3. The lowest BCUT2D eigenvalue weighted by Gasteiger charge is -2.25. The van der Waals surface area contributed by atoms with Crippen molar-refractivity contribution in [3.05, 3.63) is 35.4 Å². The molecular formula is C17H26N2O4. The van der Waals surface area contributed by atoms with E-state index in [2.05, 4.69) is 5.32 Å². The summed E-state index contributed by atoms with van der Waals surface area (Å²) in [7, 11) is 0. The van der Waals surface area contributed by atoms with Gasteiger partial charge in [0, 0.05) is 6.54 Å². The fourth-order valence-corrected chi connectivity index (χ4v) is 2.73. The summed E-state index contributed by atoms with van der Waals surface area (Å²) >= 11 is 0.